The molecule has 2 saturated carbocycles. The third kappa shape index (κ3) is 7.75. The Morgan fingerprint density at radius 2 is 1.69 bits per heavy atom. The Morgan fingerprint density at radius 1 is 1.02 bits per heavy atom. The molecule has 0 aromatic carbocycles. The molecule has 6 atom stereocenters. The van der Waals surface area contributed by atoms with E-state index in [2.05, 4.69) is 41.7 Å². The lowest BCUT2D eigenvalue weighted by atomic mass is 9.78. The number of sulfone groups is 1. The van der Waals surface area contributed by atoms with Crippen molar-refractivity contribution in [3.8, 4) is 0 Å². The molecule has 4 N–H and O–H groups in total. The van der Waals surface area contributed by atoms with Crippen molar-refractivity contribution in [1.82, 2.24) is 26.2 Å². The Bertz CT molecular complexity index is 1380. The quantitative estimate of drug-likeness (QED) is 0.170. The van der Waals surface area contributed by atoms with E-state index in [4.69, 9.17) is 0 Å². The minimum absolute atomic E-state index is 0.0606. The van der Waals surface area contributed by atoms with Gasteiger partial charge in [-0.15, -0.1) is 6.58 Å². The molecule has 2 saturated heterocycles. The largest absolute Gasteiger partial charge is 0.346 e. The number of hydrogen-bond acceptors (Lipinski definition) is 7. The summed E-state index contributed by atoms with van der Waals surface area (Å²) in [7, 11) is -3.35. The zero-order valence-corrected chi connectivity index (χ0v) is 30.5. The van der Waals surface area contributed by atoms with E-state index < -0.39 is 73.7 Å². The zero-order chi connectivity index (χ0) is 35.7. The first-order chi connectivity index (χ1) is 22.4. The van der Waals surface area contributed by atoms with Gasteiger partial charge >= 0.3 is 6.03 Å². The van der Waals surface area contributed by atoms with Crippen molar-refractivity contribution in [3.05, 3.63) is 12.7 Å². The van der Waals surface area contributed by atoms with Crippen LogP contribution in [0.2, 0.25) is 0 Å². The minimum Gasteiger partial charge on any atom is -0.346 e. The van der Waals surface area contributed by atoms with Gasteiger partial charge in [0, 0.05) is 13.1 Å². The van der Waals surface area contributed by atoms with E-state index in [1.165, 1.54) is 11.0 Å². The summed E-state index contributed by atoms with van der Waals surface area (Å²) in [4.78, 5) is 69.4. The molecule has 0 radical (unpaired) electrons. The topological polar surface area (TPSA) is 171 Å². The first-order valence-corrected chi connectivity index (χ1v) is 19.5. The number of unbranched alkanes of at least 4 members (excludes halogenated alkanes) is 1. The molecule has 2 heterocycles. The van der Waals surface area contributed by atoms with Crippen LogP contribution in [-0.4, -0.2) is 90.6 Å². The summed E-state index contributed by atoms with van der Waals surface area (Å²) < 4.78 is 26.1. The number of fused-ring (bicyclic) bond motifs is 1. The average molecular weight is 692 g/mol. The van der Waals surface area contributed by atoms with Crippen LogP contribution in [0.1, 0.15) is 106 Å². The monoisotopic (exact) mass is 691 g/mol. The molecule has 12 nitrogen and oxygen atoms in total. The van der Waals surface area contributed by atoms with Crippen LogP contribution in [0.15, 0.2) is 12.7 Å². The van der Waals surface area contributed by atoms with Gasteiger partial charge in [0.25, 0.3) is 5.91 Å². The smallest absolute Gasteiger partial charge is 0.315 e. The number of amides is 5. The first kappa shape index (κ1) is 37.9. The predicted molar refractivity (Wildman–Crippen MR) is 183 cm³/mol. The maximum absolute atomic E-state index is 14.4. The fraction of sp³-hybridized carbons (Fsp3) is 0.800. The van der Waals surface area contributed by atoms with Gasteiger partial charge in [0.15, 0.2) is 9.84 Å². The van der Waals surface area contributed by atoms with Crippen molar-refractivity contribution < 1.29 is 32.4 Å². The number of carbonyl (C=O) groups is 5. The molecule has 48 heavy (non-hydrogen) atoms. The highest BCUT2D eigenvalue weighted by Gasteiger charge is 2.70. The third-order valence-electron chi connectivity index (χ3n) is 11.3. The lowest BCUT2D eigenvalue weighted by Gasteiger charge is -2.43. The summed E-state index contributed by atoms with van der Waals surface area (Å²) in [5, 5.41) is 10.6. The number of piperidine rings is 1. The van der Waals surface area contributed by atoms with E-state index in [-0.39, 0.29) is 36.0 Å². The summed E-state index contributed by atoms with van der Waals surface area (Å²) in [5.41, 5.74) is -1.84. The van der Waals surface area contributed by atoms with Gasteiger partial charge in [0.05, 0.1) is 22.6 Å². The SMILES string of the molecule is C=CCNC(=O)C(=O)[C@H](CCCC)NC(=O)C1[C@@H]2[C@H](CN1C(=O)[C@@H](NC(=O)NC1([C@@H]3CCCS3(=O)=O)CCCCC1)C(C)(C)C)C2(C)C. The highest BCUT2D eigenvalue weighted by atomic mass is 32.2. The third-order valence-corrected chi connectivity index (χ3v) is 13.7. The molecule has 0 bridgehead atoms. The lowest BCUT2D eigenvalue weighted by molar-refractivity contribution is -0.145. The van der Waals surface area contributed by atoms with Crippen LogP contribution in [0, 0.1) is 22.7 Å². The number of urea groups is 1. The Hall–Kier alpha value is -2.96. The van der Waals surface area contributed by atoms with Gasteiger partial charge in [-0.1, -0.05) is 79.7 Å². The van der Waals surface area contributed by atoms with Crippen molar-refractivity contribution >= 4 is 39.4 Å². The summed E-state index contributed by atoms with van der Waals surface area (Å²) in [6.45, 7) is 15.6. The molecule has 0 aromatic heterocycles. The number of nitrogens with zero attached hydrogens (tertiary/aromatic N) is 1. The second-order valence-electron chi connectivity index (χ2n) is 16.1. The van der Waals surface area contributed by atoms with E-state index in [1.54, 1.807) is 0 Å². The van der Waals surface area contributed by atoms with Crippen molar-refractivity contribution in [1.29, 1.82) is 0 Å². The molecule has 13 heteroatoms. The van der Waals surface area contributed by atoms with Gasteiger partial charge in [-0.25, -0.2) is 13.2 Å². The standard InChI is InChI=1S/C35H57N5O7S/c1-8-10-15-23(27(41)30(43)36-19-9-2)37-29(42)26-25-22(34(25,6)7)21-40(26)31(44)28(33(3,4)5)38-32(45)39-35(17-12-11-13-18-35)24-16-14-20-48(24,46)47/h9,22-26,28H,2,8,10-21H2,1,3-7H3,(H,36,43)(H,37,42)(H2,38,39,45)/t22-,23-,24-,25-,26?,28+/m0/s1. The first-order valence-electron chi connectivity index (χ1n) is 17.8. The molecular formula is C35H57N5O7S. The molecule has 270 valence electrons. The highest BCUT2D eigenvalue weighted by Crippen LogP contribution is 2.65. The maximum Gasteiger partial charge on any atom is 0.315 e. The van der Waals surface area contributed by atoms with E-state index in [0.29, 0.717) is 38.6 Å². The number of carbonyl (C=O) groups excluding carboxylic acids is 5. The maximum atomic E-state index is 14.4. The Kier molecular flexibility index (Phi) is 11.4. The molecule has 0 spiro atoms. The Labute approximate surface area is 286 Å². The second kappa shape index (κ2) is 14.5. The number of ketones is 1. The van der Waals surface area contributed by atoms with Crippen molar-refractivity contribution in [2.45, 2.75) is 135 Å². The second-order valence-corrected chi connectivity index (χ2v) is 18.4. The number of rotatable bonds is 13. The molecule has 1 unspecified atom stereocenters. The molecular weight excluding hydrogens is 634 g/mol. The molecule has 4 rings (SSSR count). The van der Waals surface area contributed by atoms with Crippen molar-refractivity contribution in [2.75, 3.05) is 18.8 Å². The van der Waals surface area contributed by atoms with Crippen LogP contribution in [0.3, 0.4) is 0 Å². The highest BCUT2D eigenvalue weighted by molar-refractivity contribution is 7.92. The van der Waals surface area contributed by atoms with Gasteiger partial charge in [-0.05, 0) is 54.8 Å². The lowest BCUT2D eigenvalue weighted by Crippen LogP contribution is -2.65. The zero-order valence-electron chi connectivity index (χ0n) is 29.7. The summed E-state index contributed by atoms with van der Waals surface area (Å²) in [5.74, 6) is -2.41. The summed E-state index contributed by atoms with van der Waals surface area (Å²) >= 11 is 0. The fourth-order valence-electron chi connectivity index (χ4n) is 8.49. The number of nitrogens with one attached hydrogen (secondary N) is 4. The van der Waals surface area contributed by atoms with Crippen LogP contribution in [0.4, 0.5) is 4.79 Å². The van der Waals surface area contributed by atoms with Crippen molar-refractivity contribution in [2.24, 2.45) is 22.7 Å². The van der Waals surface area contributed by atoms with Gasteiger partial charge in [-0.3, -0.25) is 19.2 Å². The Balaban J connectivity index is 1.55. The number of likely N-dealkylation sites (tertiary alicyclic amines) is 1. The van der Waals surface area contributed by atoms with E-state index >= 15 is 0 Å². The minimum atomic E-state index is -3.35. The van der Waals surface area contributed by atoms with Crippen LogP contribution in [0.5, 0.6) is 0 Å². The van der Waals surface area contributed by atoms with Crippen LogP contribution < -0.4 is 21.3 Å². The average Bonchev–Trinajstić information content (AvgIpc) is 3.33. The summed E-state index contributed by atoms with van der Waals surface area (Å²) in [6, 6.07) is -3.53. The number of Topliss-reactive ketones (excluding diaryl/α,β-unsaturated/α-hetero) is 1. The van der Waals surface area contributed by atoms with Gasteiger partial charge < -0.3 is 26.2 Å². The molecule has 0 aromatic rings. The van der Waals surface area contributed by atoms with E-state index in [1.807, 2.05) is 27.7 Å². The van der Waals surface area contributed by atoms with Crippen LogP contribution >= 0.6 is 0 Å². The van der Waals surface area contributed by atoms with Gasteiger partial charge in [0.2, 0.25) is 17.6 Å². The summed E-state index contributed by atoms with van der Waals surface area (Å²) in [6.07, 6.45) is 7.93. The molecule has 4 fully saturated rings. The fourth-order valence-corrected chi connectivity index (χ4v) is 10.8. The number of hydrogen-bond donors (Lipinski definition) is 4. The Morgan fingerprint density at radius 3 is 2.25 bits per heavy atom. The molecule has 2 aliphatic carbocycles. The molecule has 5 amide bonds. The molecule has 2 aliphatic heterocycles. The predicted octanol–water partition coefficient (Wildman–Crippen LogP) is 3.01. The van der Waals surface area contributed by atoms with Crippen LogP contribution in [-0.2, 0) is 29.0 Å². The van der Waals surface area contributed by atoms with Gasteiger partial charge in [0.1, 0.15) is 12.1 Å². The van der Waals surface area contributed by atoms with Crippen molar-refractivity contribution in [3.63, 3.8) is 0 Å². The molecule has 4 aliphatic rings. The van der Waals surface area contributed by atoms with Gasteiger partial charge in [-0.2, -0.15) is 0 Å². The van der Waals surface area contributed by atoms with E-state index in [0.717, 1.165) is 25.7 Å². The van der Waals surface area contributed by atoms with E-state index in [9.17, 15) is 32.4 Å². The van der Waals surface area contributed by atoms with Crippen LogP contribution in [0.25, 0.3) is 0 Å². The normalized spacial score (nSPS) is 27.9.